The zero-order valence-corrected chi connectivity index (χ0v) is 12.6. The van der Waals surface area contributed by atoms with Gasteiger partial charge >= 0.3 is 5.97 Å². The van der Waals surface area contributed by atoms with E-state index < -0.39 is 5.54 Å². The highest BCUT2D eigenvalue weighted by molar-refractivity contribution is 7.99. The van der Waals surface area contributed by atoms with Crippen LogP contribution < -0.4 is 5.73 Å². The van der Waals surface area contributed by atoms with Gasteiger partial charge in [0.15, 0.2) is 0 Å². The fourth-order valence-electron chi connectivity index (χ4n) is 1.97. The molecule has 2 aromatic rings. The van der Waals surface area contributed by atoms with E-state index in [1.165, 1.54) is 22.8 Å². The van der Waals surface area contributed by atoms with Crippen LogP contribution in [0.3, 0.4) is 0 Å². The molecule has 0 heterocycles. The summed E-state index contributed by atoms with van der Waals surface area (Å²) in [5.74, 6) is 0.414. The number of rotatable bonds is 5. The average molecular weight is 289 g/mol. The lowest BCUT2D eigenvalue weighted by Gasteiger charge is -2.20. The van der Waals surface area contributed by atoms with Gasteiger partial charge in [0, 0.05) is 10.6 Å². The molecule has 2 aromatic carbocycles. The van der Waals surface area contributed by atoms with E-state index in [9.17, 15) is 4.79 Å². The third-order valence-electron chi connectivity index (χ3n) is 3.26. The molecular formula is C16H19NO2S. The predicted molar refractivity (Wildman–Crippen MR) is 83.9 cm³/mol. The second kappa shape index (κ2) is 6.29. The van der Waals surface area contributed by atoms with Crippen molar-refractivity contribution in [1.82, 2.24) is 0 Å². The lowest BCUT2D eigenvalue weighted by molar-refractivity contribution is -0.146. The van der Waals surface area contributed by atoms with Crippen molar-refractivity contribution in [3.8, 4) is 0 Å². The van der Waals surface area contributed by atoms with Crippen molar-refractivity contribution in [1.29, 1.82) is 0 Å². The van der Waals surface area contributed by atoms with E-state index in [0.717, 1.165) is 5.75 Å². The van der Waals surface area contributed by atoms with Crippen LogP contribution in [0, 0.1) is 0 Å². The molecular weight excluding hydrogens is 270 g/mol. The number of ether oxygens (including phenoxy) is 1. The molecule has 4 heteroatoms. The van der Waals surface area contributed by atoms with Crippen LogP contribution in [0.2, 0.25) is 0 Å². The first kappa shape index (κ1) is 14.9. The molecule has 2 rings (SSSR count). The Hall–Kier alpha value is -1.52. The molecule has 0 aliphatic carbocycles. The number of carbonyl (C=O) groups is 1. The number of methoxy groups -OCH3 is 1. The zero-order valence-electron chi connectivity index (χ0n) is 11.8. The van der Waals surface area contributed by atoms with Gasteiger partial charge in [-0.05, 0) is 36.2 Å². The summed E-state index contributed by atoms with van der Waals surface area (Å²) in [7, 11) is 1.36. The van der Waals surface area contributed by atoms with Crippen LogP contribution >= 0.6 is 11.8 Å². The maximum Gasteiger partial charge on any atom is 0.325 e. The largest absolute Gasteiger partial charge is 0.468 e. The normalized spacial score (nSPS) is 13.9. The van der Waals surface area contributed by atoms with Crippen molar-refractivity contribution in [3.63, 3.8) is 0 Å². The Kier molecular flexibility index (Phi) is 4.68. The summed E-state index contributed by atoms with van der Waals surface area (Å²) in [6.45, 7) is 1.71. The van der Waals surface area contributed by atoms with Crippen molar-refractivity contribution < 1.29 is 9.53 Å². The molecule has 0 saturated carbocycles. The first-order valence-corrected chi connectivity index (χ1v) is 7.50. The Labute approximate surface area is 123 Å². The lowest BCUT2D eigenvalue weighted by Crippen LogP contribution is -2.46. The molecule has 0 fully saturated rings. The molecule has 3 nitrogen and oxygen atoms in total. The summed E-state index contributed by atoms with van der Waals surface area (Å²) in [5, 5.41) is 2.45. The van der Waals surface area contributed by atoms with Crippen LogP contribution in [0.5, 0.6) is 0 Å². The predicted octanol–water partition coefficient (Wildman–Crippen LogP) is 3.21. The molecule has 0 aliphatic rings. The number of benzene rings is 2. The van der Waals surface area contributed by atoms with Crippen molar-refractivity contribution in [2.45, 2.75) is 23.8 Å². The number of nitrogens with two attached hydrogens (primary N) is 1. The Balaban J connectivity index is 1.98. The van der Waals surface area contributed by atoms with E-state index in [2.05, 4.69) is 30.3 Å². The second-order valence-corrected chi connectivity index (χ2v) is 6.18. The highest BCUT2D eigenvalue weighted by Gasteiger charge is 2.28. The Morgan fingerprint density at radius 3 is 2.65 bits per heavy atom. The summed E-state index contributed by atoms with van der Waals surface area (Å²) in [5.41, 5.74) is 5.02. The van der Waals surface area contributed by atoms with E-state index in [1.54, 1.807) is 18.7 Å². The number of hydrogen-bond donors (Lipinski definition) is 1. The Bertz CT molecular complexity index is 610. The summed E-state index contributed by atoms with van der Waals surface area (Å²) in [6.07, 6.45) is 0.581. The zero-order chi connectivity index (χ0) is 14.6. The number of thioether (sulfide) groups is 1. The molecule has 0 amide bonds. The van der Waals surface area contributed by atoms with Gasteiger partial charge in [0.2, 0.25) is 0 Å². The molecule has 0 radical (unpaired) electrons. The molecule has 1 unspecified atom stereocenters. The van der Waals surface area contributed by atoms with Crippen LogP contribution in [-0.2, 0) is 9.53 Å². The SMILES string of the molecule is COC(=O)C(C)(N)CCSc1ccc2ccccc2c1. The number of fused-ring (bicyclic) bond motifs is 1. The van der Waals surface area contributed by atoms with Gasteiger partial charge in [0.05, 0.1) is 7.11 Å². The van der Waals surface area contributed by atoms with Gasteiger partial charge < -0.3 is 10.5 Å². The van der Waals surface area contributed by atoms with Crippen molar-refractivity contribution in [2.24, 2.45) is 5.73 Å². The lowest BCUT2D eigenvalue weighted by atomic mass is 10.0. The minimum atomic E-state index is -0.918. The summed E-state index contributed by atoms with van der Waals surface area (Å²) >= 11 is 1.70. The Morgan fingerprint density at radius 2 is 1.95 bits per heavy atom. The molecule has 20 heavy (non-hydrogen) atoms. The van der Waals surface area contributed by atoms with Crippen LogP contribution in [0.4, 0.5) is 0 Å². The fourth-order valence-corrected chi connectivity index (χ4v) is 3.11. The number of hydrogen-bond acceptors (Lipinski definition) is 4. The van der Waals surface area contributed by atoms with Crippen LogP contribution in [0.25, 0.3) is 10.8 Å². The second-order valence-electron chi connectivity index (χ2n) is 5.02. The third-order valence-corrected chi connectivity index (χ3v) is 4.26. The maximum atomic E-state index is 11.5. The quantitative estimate of drug-likeness (QED) is 0.678. The monoisotopic (exact) mass is 289 g/mol. The highest BCUT2D eigenvalue weighted by Crippen LogP contribution is 2.25. The van der Waals surface area contributed by atoms with Gasteiger partial charge in [-0.25, -0.2) is 0 Å². The maximum absolute atomic E-state index is 11.5. The molecule has 0 saturated heterocycles. The van der Waals surface area contributed by atoms with E-state index in [4.69, 9.17) is 10.5 Å². The van der Waals surface area contributed by atoms with Gasteiger partial charge in [0.1, 0.15) is 5.54 Å². The summed E-state index contributed by atoms with van der Waals surface area (Å²) < 4.78 is 4.70. The van der Waals surface area contributed by atoms with Crippen LogP contribution in [-0.4, -0.2) is 24.4 Å². The van der Waals surface area contributed by atoms with Gasteiger partial charge in [0.25, 0.3) is 0 Å². The van der Waals surface area contributed by atoms with Crippen molar-refractivity contribution in [2.75, 3.05) is 12.9 Å². The summed E-state index contributed by atoms with van der Waals surface area (Å²) in [4.78, 5) is 12.7. The van der Waals surface area contributed by atoms with E-state index in [-0.39, 0.29) is 5.97 Å². The fraction of sp³-hybridized carbons (Fsp3) is 0.312. The molecule has 106 valence electrons. The van der Waals surface area contributed by atoms with Crippen LogP contribution in [0.15, 0.2) is 47.4 Å². The van der Waals surface area contributed by atoms with Crippen LogP contribution in [0.1, 0.15) is 13.3 Å². The smallest absolute Gasteiger partial charge is 0.325 e. The summed E-state index contributed by atoms with van der Waals surface area (Å²) in [6, 6.07) is 14.6. The average Bonchev–Trinajstić information content (AvgIpc) is 2.46. The van der Waals surface area contributed by atoms with E-state index >= 15 is 0 Å². The molecule has 1 atom stereocenters. The standard InChI is InChI=1S/C16H19NO2S/c1-16(17,15(18)19-2)9-10-20-14-8-7-12-5-3-4-6-13(12)11-14/h3-8,11H,9-10,17H2,1-2H3. The topological polar surface area (TPSA) is 52.3 Å². The first-order chi connectivity index (χ1) is 9.53. The molecule has 0 aromatic heterocycles. The van der Waals surface area contributed by atoms with E-state index in [0.29, 0.717) is 6.42 Å². The highest BCUT2D eigenvalue weighted by atomic mass is 32.2. The number of carbonyl (C=O) groups excluding carboxylic acids is 1. The number of esters is 1. The molecule has 0 spiro atoms. The van der Waals surface area contributed by atoms with Gasteiger partial charge in [-0.2, -0.15) is 0 Å². The Morgan fingerprint density at radius 1 is 1.25 bits per heavy atom. The van der Waals surface area contributed by atoms with Gasteiger partial charge in [-0.3, -0.25) is 4.79 Å². The molecule has 0 aliphatic heterocycles. The third kappa shape index (κ3) is 3.52. The van der Waals surface area contributed by atoms with Gasteiger partial charge in [-0.1, -0.05) is 30.3 Å². The molecule has 2 N–H and O–H groups in total. The van der Waals surface area contributed by atoms with Gasteiger partial charge in [-0.15, -0.1) is 11.8 Å². The van der Waals surface area contributed by atoms with E-state index in [1.807, 2.05) is 12.1 Å². The minimum Gasteiger partial charge on any atom is -0.468 e. The van der Waals surface area contributed by atoms with Crippen molar-refractivity contribution >= 4 is 28.5 Å². The molecule has 0 bridgehead atoms. The van der Waals surface area contributed by atoms with Crippen molar-refractivity contribution in [3.05, 3.63) is 42.5 Å². The first-order valence-electron chi connectivity index (χ1n) is 6.52. The minimum absolute atomic E-state index is 0.364.